The Balaban J connectivity index is 2.24. The van der Waals surface area contributed by atoms with Crippen LogP contribution in [0.2, 0.25) is 0 Å². The molecular weight excluding hydrogens is 242 g/mol. The lowest BCUT2D eigenvalue weighted by molar-refractivity contribution is -0.141. The second-order valence-electron chi connectivity index (χ2n) is 5.35. The molecule has 1 aromatic carbocycles. The van der Waals surface area contributed by atoms with Crippen molar-refractivity contribution in [2.75, 3.05) is 13.1 Å². The maximum atomic E-state index is 12.5. The molecule has 1 saturated heterocycles. The van der Waals surface area contributed by atoms with E-state index in [1.54, 1.807) is 4.90 Å². The lowest BCUT2D eigenvalue weighted by Gasteiger charge is -2.19. The number of nitrogens with zero attached hydrogens (tertiary/aromatic N) is 1. The lowest BCUT2D eigenvalue weighted by atomic mass is 9.99. The minimum absolute atomic E-state index is 0.0428. The summed E-state index contributed by atoms with van der Waals surface area (Å²) in [4.78, 5) is 25.1. The maximum Gasteiger partial charge on any atom is 0.308 e. The van der Waals surface area contributed by atoms with E-state index >= 15 is 0 Å². The second kappa shape index (κ2) is 5.03. The highest BCUT2D eigenvalue weighted by atomic mass is 16.4. The van der Waals surface area contributed by atoms with Crippen molar-refractivity contribution in [2.45, 2.75) is 27.2 Å². The van der Waals surface area contributed by atoms with Gasteiger partial charge in [0.05, 0.1) is 5.92 Å². The first kappa shape index (κ1) is 13.6. The van der Waals surface area contributed by atoms with Gasteiger partial charge in [0.25, 0.3) is 5.91 Å². The summed E-state index contributed by atoms with van der Waals surface area (Å²) in [6, 6.07) is 3.98. The average Bonchev–Trinajstić information content (AvgIpc) is 2.76. The van der Waals surface area contributed by atoms with Crippen LogP contribution in [0.15, 0.2) is 12.1 Å². The third-order valence-electron chi connectivity index (χ3n) is 3.72. The predicted molar refractivity (Wildman–Crippen MR) is 72.3 cm³/mol. The van der Waals surface area contributed by atoms with Crippen molar-refractivity contribution >= 4 is 11.9 Å². The van der Waals surface area contributed by atoms with Gasteiger partial charge < -0.3 is 10.0 Å². The van der Waals surface area contributed by atoms with Gasteiger partial charge in [-0.1, -0.05) is 17.7 Å². The molecule has 0 aliphatic carbocycles. The summed E-state index contributed by atoms with van der Waals surface area (Å²) in [5.41, 5.74) is 3.77. The molecule has 1 amide bonds. The van der Waals surface area contributed by atoms with Gasteiger partial charge in [-0.2, -0.15) is 0 Å². The van der Waals surface area contributed by atoms with Crippen molar-refractivity contribution in [3.8, 4) is 0 Å². The number of rotatable bonds is 2. The number of carboxylic acid groups (broad SMARTS) is 1. The van der Waals surface area contributed by atoms with Crippen LogP contribution in [0, 0.1) is 26.7 Å². The highest BCUT2D eigenvalue weighted by Crippen LogP contribution is 2.23. The standard InChI is InChI=1S/C15H19NO3/c1-9-6-10(2)13(11(3)7-9)14(17)16-5-4-12(8-16)15(18)19/h6-7,12H,4-5,8H2,1-3H3,(H,18,19). The summed E-state index contributed by atoms with van der Waals surface area (Å²) in [7, 11) is 0. The van der Waals surface area contributed by atoms with Gasteiger partial charge >= 0.3 is 5.97 Å². The molecule has 0 radical (unpaired) electrons. The van der Waals surface area contributed by atoms with Crippen LogP contribution in [0.3, 0.4) is 0 Å². The lowest BCUT2D eigenvalue weighted by Crippen LogP contribution is -2.31. The van der Waals surface area contributed by atoms with E-state index in [0.29, 0.717) is 19.5 Å². The van der Waals surface area contributed by atoms with Crippen LogP contribution < -0.4 is 0 Å². The number of amides is 1. The van der Waals surface area contributed by atoms with Gasteiger partial charge in [0.2, 0.25) is 0 Å². The zero-order valence-electron chi connectivity index (χ0n) is 11.6. The third-order valence-corrected chi connectivity index (χ3v) is 3.72. The number of likely N-dealkylation sites (tertiary alicyclic amines) is 1. The fraction of sp³-hybridized carbons (Fsp3) is 0.467. The number of aliphatic carboxylic acids is 1. The molecule has 0 spiro atoms. The first-order valence-corrected chi connectivity index (χ1v) is 6.50. The van der Waals surface area contributed by atoms with Gasteiger partial charge in [0, 0.05) is 18.7 Å². The zero-order chi connectivity index (χ0) is 14.2. The van der Waals surface area contributed by atoms with Gasteiger partial charge in [-0.3, -0.25) is 9.59 Å². The highest BCUT2D eigenvalue weighted by molar-refractivity contribution is 5.97. The van der Waals surface area contributed by atoms with E-state index < -0.39 is 11.9 Å². The van der Waals surface area contributed by atoms with Crippen LogP contribution in [0.1, 0.15) is 33.5 Å². The summed E-state index contributed by atoms with van der Waals surface area (Å²) >= 11 is 0. The van der Waals surface area contributed by atoms with Crippen LogP contribution in [0.4, 0.5) is 0 Å². The molecule has 1 aliphatic heterocycles. The minimum atomic E-state index is -0.812. The first-order chi connectivity index (χ1) is 8.90. The molecular formula is C15H19NO3. The molecule has 1 unspecified atom stereocenters. The first-order valence-electron chi connectivity index (χ1n) is 6.50. The molecule has 4 nitrogen and oxygen atoms in total. The summed E-state index contributed by atoms with van der Waals surface area (Å²) in [5.74, 6) is -1.28. The van der Waals surface area contributed by atoms with E-state index in [-0.39, 0.29) is 5.91 Å². The number of hydrogen-bond acceptors (Lipinski definition) is 2. The molecule has 0 saturated carbocycles. The van der Waals surface area contributed by atoms with Gasteiger partial charge in [-0.05, 0) is 38.3 Å². The maximum absolute atomic E-state index is 12.5. The molecule has 1 aromatic rings. The molecule has 1 aliphatic rings. The third kappa shape index (κ3) is 2.62. The predicted octanol–water partition coefficient (Wildman–Crippen LogP) is 2.16. The van der Waals surface area contributed by atoms with Crippen molar-refractivity contribution in [1.29, 1.82) is 0 Å². The van der Waals surface area contributed by atoms with E-state index in [2.05, 4.69) is 0 Å². The number of carbonyl (C=O) groups is 2. The van der Waals surface area contributed by atoms with E-state index in [4.69, 9.17) is 5.11 Å². The van der Waals surface area contributed by atoms with Crippen LogP contribution in [-0.4, -0.2) is 35.0 Å². The fourth-order valence-corrected chi connectivity index (χ4v) is 2.82. The summed E-state index contributed by atoms with van der Waals surface area (Å²) < 4.78 is 0. The molecule has 1 heterocycles. The number of hydrogen-bond donors (Lipinski definition) is 1. The Bertz CT molecular complexity index is 513. The highest BCUT2D eigenvalue weighted by Gasteiger charge is 2.32. The Kier molecular flexibility index (Phi) is 3.60. The molecule has 1 atom stereocenters. The Hall–Kier alpha value is -1.84. The SMILES string of the molecule is Cc1cc(C)c(C(=O)N2CCC(C(=O)O)C2)c(C)c1. The van der Waals surface area contributed by atoms with E-state index in [1.807, 2.05) is 32.9 Å². The molecule has 0 aromatic heterocycles. The van der Waals surface area contributed by atoms with Gasteiger partial charge in [0.15, 0.2) is 0 Å². The normalized spacial score (nSPS) is 18.7. The summed E-state index contributed by atoms with van der Waals surface area (Å²) in [6.45, 7) is 6.71. The number of carbonyl (C=O) groups excluding carboxylic acids is 1. The minimum Gasteiger partial charge on any atom is -0.481 e. The van der Waals surface area contributed by atoms with Crippen molar-refractivity contribution in [3.63, 3.8) is 0 Å². The van der Waals surface area contributed by atoms with Crippen LogP contribution in [0.5, 0.6) is 0 Å². The Labute approximate surface area is 113 Å². The van der Waals surface area contributed by atoms with Crippen LogP contribution in [0.25, 0.3) is 0 Å². The molecule has 0 bridgehead atoms. The Morgan fingerprint density at radius 1 is 1.21 bits per heavy atom. The van der Waals surface area contributed by atoms with E-state index in [9.17, 15) is 9.59 Å². The van der Waals surface area contributed by atoms with Crippen molar-refractivity contribution in [1.82, 2.24) is 4.90 Å². The number of carboxylic acids is 1. The van der Waals surface area contributed by atoms with Crippen molar-refractivity contribution < 1.29 is 14.7 Å². The van der Waals surface area contributed by atoms with E-state index in [0.717, 1.165) is 22.3 Å². The monoisotopic (exact) mass is 261 g/mol. The molecule has 2 rings (SSSR count). The Morgan fingerprint density at radius 2 is 1.79 bits per heavy atom. The van der Waals surface area contributed by atoms with Crippen molar-refractivity contribution in [2.24, 2.45) is 5.92 Å². The van der Waals surface area contributed by atoms with Crippen LogP contribution >= 0.6 is 0 Å². The quantitative estimate of drug-likeness (QED) is 0.887. The van der Waals surface area contributed by atoms with Crippen LogP contribution in [-0.2, 0) is 4.79 Å². The molecule has 19 heavy (non-hydrogen) atoms. The molecule has 4 heteroatoms. The molecule has 1 N–H and O–H groups in total. The number of aryl methyl sites for hydroxylation is 3. The van der Waals surface area contributed by atoms with Gasteiger partial charge in [-0.15, -0.1) is 0 Å². The summed E-state index contributed by atoms with van der Waals surface area (Å²) in [6.07, 6.45) is 0.547. The molecule has 102 valence electrons. The zero-order valence-corrected chi connectivity index (χ0v) is 11.6. The summed E-state index contributed by atoms with van der Waals surface area (Å²) in [5, 5.41) is 8.99. The van der Waals surface area contributed by atoms with Gasteiger partial charge in [0.1, 0.15) is 0 Å². The fourth-order valence-electron chi connectivity index (χ4n) is 2.82. The number of benzene rings is 1. The topological polar surface area (TPSA) is 57.6 Å². The van der Waals surface area contributed by atoms with Gasteiger partial charge in [-0.25, -0.2) is 0 Å². The van der Waals surface area contributed by atoms with Crippen molar-refractivity contribution in [3.05, 3.63) is 34.4 Å². The largest absolute Gasteiger partial charge is 0.481 e. The second-order valence-corrected chi connectivity index (χ2v) is 5.35. The average molecular weight is 261 g/mol. The Morgan fingerprint density at radius 3 is 2.26 bits per heavy atom. The molecule has 1 fully saturated rings. The van der Waals surface area contributed by atoms with E-state index in [1.165, 1.54) is 0 Å². The smallest absolute Gasteiger partial charge is 0.308 e.